The highest BCUT2D eigenvalue weighted by atomic mass is 35.5. The van der Waals surface area contributed by atoms with Crippen molar-refractivity contribution in [3.8, 4) is 12.3 Å². The summed E-state index contributed by atoms with van der Waals surface area (Å²) in [7, 11) is 0. The lowest BCUT2D eigenvalue weighted by Crippen LogP contribution is -2.11. The highest BCUT2D eigenvalue weighted by molar-refractivity contribution is 6.29. The van der Waals surface area contributed by atoms with Gasteiger partial charge in [0.15, 0.2) is 0 Å². The predicted octanol–water partition coefficient (Wildman–Crippen LogP) is 13.0. The standard InChI is InChI=1S/C10H15N.C10H11N.C9H10N2.C9H13N.C8H10ClN/c1-8-7-9(5-6-11-8)10(2,3)4;1-4-10-7-9(8(2)3)5-6-11-10;1-7(2)8-4-5-11-9(6-8)10-3;1-7(2)9-4-5-10-8(3)6-9;1-6(2)7-3-4-10-8(9)5-7/h5-7H,1-4H3;1,5-8H,2-3H3;4-7H,1-2H3;4-7H,1-3H3;3-6H,1-2H3. The Morgan fingerprint density at radius 3 is 1.38 bits per heavy atom. The molecule has 0 saturated heterocycles. The molecule has 0 N–H and O–H groups in total. The largest absolute Gasteiger partial charge is 0.361 e. The molecule has 0 amide bonds. The third-order valence-electron chi connectivity index (χ3n) is 7.92. The van der Waals surface area contributed by atoms with E-state index in [-0.39, 0.29) is 5.41 Å². The second kappa shape index (κ2) is 23.6. The molecule has 0 fully saturated rings. The molecule has 0 unspecified atom stereocenters. The Morgan fingerprint density at radius 2 is 1.00 bits per heavy atom. The second-order valence-electron chi connectivity index (χ2n) is 14.9. The summed E-state index contributed by atoms with van der Waals surface area (Å²) >= 11 is 5.68. The van der Waals surface area contributed by atoms with E-state index < -0.39 is 0 Å². The summed E-state index contributed by atoms with van der Waals surface area (Å²) in [6, 6.07) is 20.0. The first kappa shape index (κ1) is 46.1. The molecule has 0 aliphatic rings. The zero-order valence-corrected chi connectivity index (χ0v) is 34.9. The Morgan fingerprint density at radius 1 is 0.585 bits per heavy atom. The van der Waals surface area contributed by atoms with Crippen molar-refractivity contribution < 1.29 is 0 Å². The number of aryl methyl sites for hydroxylation is 2. The second-order valence-corrected chi connectivity index (χ2v) is 15.3. The van der Waals surface area contributed by atoms with E-state index in [0.29, 0.717) is 34.6 Å². The molecule has 7 heteroatoms. The van der Waals surface area contributed by atoms with Gasteiger partial charge in [-0.25, -0.2) is 9.97 Å². The normalized spacial score (nSPS) is 10.3. The van der Waals surface area contributed by atoms with Crippen LogP contribution in [-0.4, -0.2) is 24.9 Å². The van der Waals surface area contributed by atoms with Crippen LogP contribution < -0.4 is 0 Å². The Kier molecular flexibility index (Phi) is 20.5. The lowest BCUT2D eigenvalue weighted by atomic mass is 9.87. The quantitative estimate of drug-likeness (QED) is 0.105. The summed E-state index contributed by atoms with van der Waals surface area (Å²) < 4.78 is 0. The number of hydrogen-bond donors (Lipinski definition) is 0. The SMILES string of the molecule is C#Cc1cc(C(C)C)ccn1.CC(C)c1ccnc(Cl)c1.Cc1cc(C(C)(C)C)ccn1.Cc1cc(C(C)C)ccn1.[C-]#[N+]c1cc(C(C)C)ccn1. The van der Waals surface area contributed by atoms with Crippen molar-refractivity contribution in [2.45, 2.75) is 119 Å². The van der Waals surface area contributed by atoms with Gasteiger partial charge in [0.2, 0.25) is 0 Å². The number of pyridine rings is 5. The van der Waals surface area contributed by atoms with Crippen molar-refractivity contribution in [3.63, 3.8) is 0 Å². The summed E-state index contributed by atoms with van der Waals surface area (Å²) in [5, 5.41) is 0.575. The first-order valence-electron chi connectivity index (χ1n) is 18.1. The van der Waals surface area contributed by atoms with Crippen LogP contribution in [0.1, 0.15) is 145 Å². The smallest absolute Gasteiger partial charge is 0.269 e. The van der Waals surface area contributed by atoms with Gasteiger partial charge in [-0.15, -0.1) is 11.4 Å². The monoisotopic (exact) mass is 730 g/mol. The van der Waals surface area contributed by atoms with Gasteiger partial charge >= 0.3 is 0 Å². The summed E-state index contributed by atoms with van der Waals surface area (Å²) in [5.74, 6) is 5.12. The number of aromatic nitrogens is 5. The van der Waals surface area contributed by atoms with Crippen LogP contribution >= 0.6 is 11.6 Å². The average Bonchev–Trinajstić information content (AvgIpc) is 3.12. The van der Waals surface area contributed by atoms with E-state index in [1.165, 1.54) is 27.8 Å². The van der Waals surface area contributed by atoms with Crippen molar-refractivity contribution in [1.29, 1.82) is 0 Å². The highest BCUT2D eigenvalue weighted by Gasteiger charge is 2.12. The van der Waals surface area contributed by atoms with Gasteiger partial charge in [-0.1, -0.05) is 106 Å². The van der Waals surface area contributed by atoms with Crippen molar-refractivity contribution >= 4 is 17.4 Å². The lowest BCUT2D eigenvalue weighted by molar-refractivity contribution is 0.588. The van der Waals surface area contributed by atoms with Crippen molar-refractivity contribution in [2.75, 3.05) is 0 Å². The number of terminal acetylenes is 1. The van der Waals surface area contributed by atoms with Crippen LogP contribution in [-0.2, 0) is 5.41 Å². The van der Waals surface area contributed by atoms with Crippen LogP contribution in [0.2, 0.25) is 5.15 Å². The molecule has 0 aliphatic heterocycles. The number of hydrogen-bond acceptors (Lipinski definition) is 5. The molecule has 0 bridgehead atoms. The van der Waals surface area contributed by atoms with Crippen LogP contribution in [0.4, 0.5) is 5.82 Å². The third-order valence-corrected chi connectivity index (χ3v) is 8.12. The van der Waals surface area contributed by atoms with Crippen molar-refractivity contribution in [1.82, 2.24) is 24.9 Å². The topological polar surface area (TPSA) is 68.8 Å². The van der Waals surface area contributed by atoms with Crippen molar-refractivity contribution in [3.05, 3.63) is 153 Å². The van der Waals surface area contributed by atoms with Crippen LogP contribution in [0.3, 0.4) is 0 Å². The van der Waals surface area contributed by atoms with Gasteiger partial charge in [-0.05, 0) is 126 Å². The molecule has 5 aromatic rings. The molecule has 5 rings (SSSR count). The van der Waals surface area contributed by atoms with Gasteiger partial charge in [-0.2, -0.15) is 0 Å². The highest BCUT2D eigenvalue weighted by Crippen LogP contribution is 2.22. The fourth-order valence-corrected chi connectivity index (χ4v) is 4.64. The van der Waals surface area contributed by atoms with Gasteiger partial charge < -0.3 is 4.85 Å². The van der Waals surface area contributed by atoms with E-state index >= 15 is 0 Å². The molecular weight excluding hydrogens is 672 g/mol. The molecule has 0 atom stereocenters. The molecule has 0 aromatic carbocycles. The maximum atomic E-state index is 6.74. The zero-order valence-electron chi connectivity index (χ0n) is 34.1. The predicted molar refractivity (Wildman–Crippen MR) is 225 cm³/mol. The van der Waals surface area contributed by atoms with Crippen LogP contribution in [0.25, 0.3) is 4.85 Å². The fraction of sp³-hybridized carbons (Fsp3) is 0.391. The van der Waals surface area contributed by atoms with Gasteiger partial charge in [0.25, 0.3) is 5.82 Å². The Balaban J connectivity index is 0.000000331. The van der Waals surface area contributed by atoms with Gasteiger partial charge in [0.1, 0.15) is 17.0 Å². The maximum absolute atomic E-state index is 6.74. The molecule has 53 heavy (non-hydrogen) atoms. The molecule has 5 heterocycles. The summed E-state index contributed by atoms with van der Waals surface area (Å²) in [4.78, 5) is 23.3. The Bertz CT molecular complexity index is 1780. The molecular formula is C46H59ClN6. The molecule has 0 spiro atoms. The number of nitrogens with zero attached hydrogens (tertiary/aromatic N) is 6. The molecule has 0 saturated carbocycles. The number of rotatable bonds is 4. The summed E-state index contributed by atoms with van der Waals surface area (Å²) in [6.07, 6.45) is 14.1. The van der Waals surface area contributed by atoms with Gasteiger partial charge in [-0.3, -0.25) is 9.97 Å². The minimum absolute atomic E-state index is 0.244. The Hall–Kier alpha value is -4.91. The summed E-state index contributed by atoms with van der Waals surface area (Å²) in [6.45, 7) is 34.5. The van der Waals surface area contributed by atoms with E-state index in [1.54, 1.807) is 18.6 Å². The molecule has 0 radical (unpaired) electrons. The minimum atomic E-state index is 0.244. The lowest BCUT2D eigenvalue weighted by Gasteiger charge is -2.18. The van der Waals surface area contributed by atoms with E-state index in [2.05, 4.69) is 136 Å². The maximum Gasteiger partial charge on any atom is 0.269 e. The average molecular weight is 731 g/mol. The van der Waals surface area contributed by atoms with Gasteiger partial charge in [0, 0.05) is 36.2 Å². The molecule has 0 aliphatic carbocycles. The molecule has 5 aromatic heterocycles. The minimum Gasteiger partial charge on any atom is -0.361 e. The van der Waals surface area contributed by atoms with E-state index in [0.717, 1.165) is 17.1 Å². The van der Waals surface area contributed by atoms with Crippen molar-refractivity contribution in [2.24, 2.45) is 0 Å². The van der Waals surface area contributed by atoms with Crippen LogP contribution in [0.15, 0.2) is 91.6 Å². The van der Waals surface area contributed by atoms with E-state index in [4.69, 9.17) is 24.6 Å². The fourth-order valence-electron chi connectivity index (χ4n) is 4.45. The van der Waals surface area contributed by atoms with Gasteiger partial charge in [0.05, 0.1) is 0 Å². The first-order chi connectivity index (χ1) is 24.9. The van der Waals surface area contributed by atoms with E-state index in [9.17, 15) is 0 Å². The Labute approximate surface area is 325 Å². The number of halogens is 1. The van der Waals surface area contributed by atoms with Crippen LogP contribution in [0.5, 0.6) is 0 Å². The van der Waals surface area contributed by atoms with Crippen LogP contribution in [0, 0.1) is 32.8 Å². The molecule has 280 valence electrons. The summed E-state index contributed by atoms with van der Waals surface area (Å²) in [5.41, 5.74) is 9.53. The van der Waals surface area contributed by atoms with E-state index in [1.807, 2.05) is 62.6 Å². The molecule has 6 nitrogen and oxygen atoms in total. The zero-order chi connectivity index (χ0) is 40.1. The third kappa shape index (κ3) is 18.9. The first-order valence-corrected chi connectivity index (χ1v) is 18.5.